The highest BCUT2D eigenvalue weighted by molar-refractivity contribution is 5.15. The number of nitrogens with one attached hydrogen (secondary N) is 1. The van der Waals surface area contributed by atoms with Crippen molar-refractivity contribution in [1.29, 1.82) is 0 Å². The summed E-state index contributed by atoms with van der Waals surface area (Å²) in [6.45, 7) is 6.10. The van der Waals surface area contributed by atoms with Crippen molar-refractivity contribution in [2.24, 2.45) is 5.92 Å². The molecule has 1 aliphatic rings. The van der Waals surface area contributed by atoms with Crippen LogP contribution < -0.4 is 10.1 Å². The van der Waals surface area contributed by atoms with Crippen molar-refractivity contribution in [3.8, 4) is 5.88 Å². The summed E-state index contributed by atoms with van der Waals surface area (Å²) in [5, 5.41) is 3.46. The van der Waals surface area contributed by atoms with Crippen LogP contribution in [0.3, 0.4) is 0 Å². The maximum atomic E-state index is 5.68. The van der Waals surface area contributed by atoms with E-state index in [2.05, 4.69) is 30.2 Å². The van der Waals surface area contributed by atoms with Gasteiger partial charge in [-0.2, -0.15) is 0 Å². The van der Waals surface area contributed by atoms with Gasteiger partial charge in [-0.05, 0) is 37.7 Å². The molecule has 18 heavy (non-hydrogen) atoms. The van der Waals surface area contributed by atoms with E-state index >= 15 is 0 Å². The maximum absolute atomic E-state index is 5.68. The van der Waals surface area contributed by atoms with Crippen molar-refractivity contribution in [3.63, 3.8) is 0 Å². The van der Waals surface area contributed by atoms with Gasteiger partial charge in [-0.25, -0.2) is 4.98 Å². The highest BCUT2D eigenvalue weighted by Crippen LogP contribution is 2.19. The van der Waals surface area contributed by atoms with E-state index in [1.807, 2.05) is 12.1 Å². The van der Waals surface area contributed by atoms with E-state index in [4.69, 9.17) is 4.74 Å². The SMILES string of the molecule is CC(C)CCCOc1cccc(CNC2CC2)n1. The lowest BCUT2D eigenvalue weighted by molar-refractivity contribution is 0.286. The standard InChI is InChI=1S/C15H24N2O/c1-12(2)5-4-10-18-15-7-3-6-14(17-15)11-16-13-8-9-13/h3,6-7,12-13,16H,4-5,8-11H2,1-2H3. The second-order valence-electron chi connectivity index (χ2n) is 5.51. The number of pyridine rings is 1. The molecule has 0 radical (unpaired) electrons. The number of hydrogen-bond donors (Lipinski definition) is 1. The van der Waals surface area contributed by atoms with Crippen LogP contribution in [0.2, 0.25) is 0 Å². The van der Waals surface area contributed by atoms with Crippen molar-refractivity contribution >= 4 is 0 Å². The van der Waals surface area contributed by atoms with Crippen LogP contribution in [0.25, 0.3) is 0 Å². The minimum atomic E-state index is 0.724. The minimum absolute atomic E-state index is 0.724. The Balaban J connectivity index is 1.71. The molecule has 0 unspecified atom stereocenters. The highest BCUT2D eigenvalue weighted by atomic mass is 16.5. The lowest BCUT2D eigenvalue weighted by atomic mass is 10.1. The molecule has 0 bridgehead atoms. The van der Waals surface area contributed by atoms with Crippen LogP contribution in [0.4, 0.5) is 0 Å². The van der Waals surface area contributed by atoms with Gasteiger partial charge in [0.1, 0.15) is 0 Å². The van der Waals surface area contributed by atoms with Gasteiger partial charge in [0.15, 0.2) is 0 Å². The van der Waals surface area contributed by atoms with Gasteiger partial charge >= 0.3 is 0 Å². The topological polar surface area (TPSA) is 34.1 Å². The van der Waals surface area contributed by atoms with Gasteiger partial charge in [0, 0.05) is 18.7 Å². The molecule has 3 nitrogen and oxygen atoms in total. The summed E-state index contributed by atoms with van der Waals surface area (Å²) in [5.41, 5.74) is 1.07. The van der Waals surface area contributed by atoms with Crippen molar-refractivity contribution in [2.75, 3.05) is 6.61 Å². The molecule has 100 valence electrons. The Morgan fingerprint density at radius 3 is 2.94 bits per heavy atom. The molecule has 1 N–H and O–H groups in total. The molecule has 3 heteroatoms. The van der Waals surface area contributed by atoms with Crippen LogP contribution in [0.1, 0.15) is 45.2 Å². The molecule has 1 fully saturated rings. The number of nitrogens with zero attached hydrogens (tertiary/aromatic N) is 1. The van der Waals surface area contributed by atoms with Gasteiger partial charge in [-0.3, -0.25) is 0 Å². The fraction of sp³-hybridized carbons (Fsp3) is 0.667. The summed E-state index contributed by atoms with van der Waals surface area (Å²) in [6, 6.07) is 6.74. The summed E-state index contributed by atoms with van der Waals surface area (Å²) in [5.74, 6) is 1.50. The second-order valence-corrected chi connectivity index (χ2v) is 5.51. The van der Waals surface area contributed by atoms with Gasteiger partial charge in [-0.1, -0.05) is 19.9 Å². The molecule has 2 rings (SSSR count). The molecule has 1 aromatic heterocycles. The molecular formula is C15H24N2O. The largest absolute Gasteiger partial charge is 0.478 e. The second kappa shape index (κ2) is 6.74. The van der Waals surface area contributed by atoms with E-state index < -0.39 is 0 Å². The van der Waals surface area contributed by atoms with Crippen LogP contribution in [0.5, 0.6) is 5.88 Å². The van der Waals surface area contributed by atoms with Gasteiger partial charge in [0.25, 0.3) is 0 Å². The zero-order chi connectivity index (χ0) is 12.8. The molecule has 0 amide bonds. The third-order valence-electron chi connectivity index (χ3n) is 3.11. The third-order valence-corrected chi connectivity index (χ3v) is 3.11. The maximum Gasteiger partial charge on any atom is 0.213 e. The molecule has 0 spiro atoms. The van der Waals surface area contributed by atoms with Crippen LogP contribution in [-0.2, 0) is 6.54 Å². The summed E-state index contributed by atoms with van der Waals surface area (Å²) in [4.78, 5) is 4.50. The van der Waals surface area contributed by atoms with Crippen LogP contribution in [0.15, 0.2) is 18.2 Å². The fourth-order valence-corrected chi connectivity index (χ4v) is 1.84. The number of hydrogen-bond acceptors (Lipinski definition) is 3. The van der Waals surface area contributed by atoms with Crippen LogP contribution in [0, 0.1) is 5.92 Å². The molecule has 1 saturated carbocycles. The Hall–Kier alpha value is -1.09. The number of aromatic nitrogens is 1. The van der Waals surface area contributed by atoms with Gasteiger partial charge in [0.05, 0.1) is 12.3 Å². The molecule has 0 atom stereocenters. The van der Waals surface area contributed by atoms with E-state index in [9.17, 15) is 0 Å². The first-order valence-corrected chi connectivity index (χ1v) is 7.06. The zero-order valence-electron chi connectivity index (χ0n) is 11.5. The Labute approximate surface area is 110 Å². The van der Waals surface area contributed by atoms with Crippen molar-refractivity contribution in [2.45, 2.75) is 52.1 Å². The Morgan fingerprint density at radius 2 is 2.22 bits per heavy atom. The zero-order valence-corrected chi connectivity index (χ0v) is 11.5. The molecule has 1 aliphatic carbocycles. The quantitative estimate of drug-likeness (QED) is 0.718. The molecular weight excluding hydrogens is 224 g/mol. The average Bonchev–Trinajstić information content (AvgIpc) is 3.17. The Bertz CT molecular complexity index is 361. The van der Waals surface area contributed by atoms with Gasteiger partial charge < -0.3 is 10.1 Å². The summed E-state index contributed by atoms with van der Waals surface area (Å²) in [7, 11) is 0. The lowest BCUT2D eigenvalue weighted by Gasteiger charge is -2.08. The van der Waals surface area contributed by atoms with Crippen molar-refractivity contribution in [1.82, 2.24) is 10.3 Å². The number of ether oxygens (including phenoxy) is 1. The summed E-state index contributed by atoms with van der Waals surface area (Å²) in [6.07, 6.45) is 4.93. The first-order valence-electron chi connectivity index (χ1n) is 7.06. The van der Waals surface area contributed by atoms with E-state index in [0.717, 1.165) is 43.1 Å². The summed E-state index contributed by atoms with van der Waals surface area (Å²) >= 11 is 0. The first kappa shape index (κ1) is 13.3. The van der Waals surface area contributed by atoms with Crippen molar-refractivity contribution < 1.29 is 4.74 Å². The Morgan fingerprint density at radius 1 is 1.39 bits per heavy atom. The first-order chi connectivity index (χ1) is 8.74. The smallest absolute Gasteiger partial charge is 0.213 e. The molecule has 1 heterocycles. The van der Waals surface area contributed by atoms with Gasteiger partial charge in [-0.15, -0.1) is 0 Å². The van der Waals surface area contributed by atoms with E-state index in [1.165, 1.54) is 19.3 Å². The Kier molecular flexibility index (Phi) is 5.00. The normalized spacial score (nSPS) is 15.1. The number of rotatable bonds is 8. The fourth-order valence-electron chi connectivity index (χ4n) is 1.84. The lowest BCUT2D eigenvalue weighted by Crippen LogP contribution is -2.16. The predicted molar refractivity (Wildman–Crippen MR) is 73.7 cm³/mol. The molecule has 1 aromatic rings. The van der Waals surface area contributed by atoms with E-state index in [1.54, 1.807) is 0 Å². The van der Waals surface area contributed by atoms with Crippen LogP contribution >= 0.6 is 0 Å². The highest BCUT2D eigenvalue weighted by Gasteiger charge is 2.20. The van der Waals surface area contributed by atoms with E-state index in [0.29, 0.717) is 0 Å². The average molecular weight is 248 g/mol. The monoisotopic (exact) mass is 248 g/mol. The molecule has 0 saturated heterocycles. The van der Waals surface area contributed by atoms with E-state index in [-0.39, 0.29) is 0 Å². The summed E-state index contributed by atoms with van der Waals surface area (Å²) < 4.78 is 5.68. The molecule has 0 aromatic carbocycles. The van der Waals surface area contributed by atoms with Crippen LogP contribution in [-0.4, -0.2) is 17.6 Å². The van der Waals surface area contributed by atoms with Crippen molar-refractivity contribution in [3.05, 3.63) is 23.9 Å². The molecule has 0 aliphatic heterocycles. The van der Waals surface area contributed by atoms with Gasteiger partial charge in [0.2, 0.25) is 5.88 Å². The minimum Gasteiger partial charge on any atom is -0.478 e. The predicted octanol–water partition coefficient (Wildman–Crippen LogP) is 3.15. The third kappa shape index (κ3) is 5.05.